The summed E-state index contributed by atoms with van der Waals surface area (Å²) in [6, 6.07) is 1.86. The van der Waals surface area contributed by atoms with Crippen molar-refractivity contribution in [3.05, 3.63) is 17.5 Å². The van der Waals surface area contributed by atoms with E-state index < -0.39 is 0 Å². The van der Waals surface area contributed by atoms with Crippen LogP contribution in [0.2, 0.25) is 0 Å². The lowest BCUT2D eigenvalue weighted by Gasteiger charge is -2.22. The van der Waals surface area contributed by atoms with Gasteiger partial charge in [-0.05, 0) is 12.8 Å². The van der Waals surface area contributed by atoms with Crippen LogP contribution in [0, 0.1) is 0 Å². The molecule has 0 bridgehead atoms. The van der Waals surface area contributed by atoms with E-state index in [1.165, 1.54) is 4.90 Å². The monoisotopic (exact) mass is 350 g/mol. The summed E-state index contributed by atoms with van der Waals surface area (Å²) in [6.45, 7) is 0.843. The summed E-state index contributed by atoms with van der Waals surface area (Å²) < 4.78 is 5.25. The van der Waals surface area contributed by atoms with E-state index in [0.717, 1.165) is 18.6 Å². The number of nitrogens with one attached hydrogen (secondary N) is 1. The van der Waals surface area contributed by atoms with Gasteiger partial charge in [0.15, 0.2) is 0 Å². The molecule has 138 valence electrons. The number of rotatable bonds is 9. The summed E-state index contributed by atoms with van der Waals surface area (Å²) >= 11 is 0. The molecule has 0 radical (unpaired) electrons. The van der Waals surface area contributed by atoms with Crippen molar-refractivity contribution in [3.8, 4) is 0 Å². The van der Waals surface area contributed by atoms with Gasteiger partial charge in [-0.1, -0.05) is 5.16 Å². The number of nitrogens with zero attached hydrogens (tertiary/aromatic N) is 3. The van der Waals surface area contributed by atoms with Crippen LogP contribution in [-0.2, 0) is 20.8 Å². The molecule has 8 nitrogen and oxygen atoms in total. The molecule has 0 aliphatic heterocycles. The minimum absolute atomic E-state index is 0.0677. The minimum atomic E-state index is -0.160. The molecule has 3 amide bonds. The Balaban J connectivity index is 1.70. The second-order valence-electron chi connectivity index (χ2n) is 6.48. The quantitative estimate of drug-likeness (QED) is 0.701. The Bertz CT molecular complexity index is 624. The van der Waals surface area contributed by atoms with Gasteiger partial charge in [0.1, 0.15) is 5.76 Å². The van der Waals surface area contributed by atoms with Crippen LogP contribution in [0.4, 0.5) is 0 Å². The molecular weight excluding hydrogens is 324 g/mol. The third-order valence-electron chi connectivity index (χ3n) is 4.36. The minimum Gasteiger partial charge on any atom is -0.361 e. The maximum Gasteiger partial charge on any atom is 0.228 e. The average molecular weight is 350 g/mol. The first-order chi connectivity index (χ1) is 11.9. The predicted octanol–water partition coefficient (Wildman–Crippen LogP) is 0.538. The molecule has 1 N–H and O–H groups in total. The molecule has 8 heteroatoms. The van der Waals surface area contributed by atoms with Crippen molar-refractivity contribution in [1.29, 1.82) is 0 Å². The van der Waals surface area contributed by atoms with Gasteiger partial charge in [0, 0.05) is 59.1 Å². The Hall–Kier alpha value is -2.38. The highest BCUT2D eigenvalue weighted by Gasteiger charge is 2.28. The number of carbonyl (C=O) groups excluding carboxylic acids is 3. The van der Waals surface area contributed by atoms with E-state index in [1.807, 2.05) is 6.07 Å². The maximum absolute atomic E-state index is 12.2. The van der Waals surface area contributed by atoms with Gasteiger partial charge in [-0.3, -0.25) is 14.4 Å². The first kappa shape index (κ1) is 19.0. The van der Waals surface area contributed by atoms with Crippen LogP contribution in [0.15, 0.2) is 10.6 Å². The Morgan fingerprint density at radius 2 is 1.80 bits per heavy atom. The summed E-state index contributed by atoms with van der Waals surface area (Å²) in [7, 11) is 4.91. The van der Waals surface area contributed by atoms with E-state index >= 15 is 0 Å². The summed E-state index contributed by atoms with van der Waals surface area (Å²) in [5.74, 6) is 1.000. The van der Waals surface area contributed by atoms with Crippen molar-refractivity contribution < 1.29 is 18.9 Å². The molecule has 0 spiro atoms. The molecule has 0 unspecified atom stereocenters. The van der Waals surface area contributed by atoms with Crippen LogP contribution in [0.3, 0.4) is 0 Å². The number of hydrogen-bond acceptors (Lipinski definition) is 5. The average Bonchev–Trinajstić information content (AvgIpc) is 3.36. The van der Waals surface area contributed by atoms with E-state index in [-0.39, 0.29) is 37.0 Å². The predicted molar refractivity (Wildman–Crippen MR) is 90.8 cm³/mol. The van der Waals surface area contributed by atoms with Gasteiger partial charge in [-0.2, -0.15) is 0 Å². The van der Waals surface area contributed by atoms with Gasteiger partial charge in [-0.25, -0.2) is 0 Å². The zero-order chi connectivity index (χ0) is 18.4. The molecule has 2 rings (SSSR count). The van der Waals surface area contributed by atoms with Gasteiger partial charge in [0.05, 0.1) is 12.1 Å². The van der Waals surface area contributed by atoms with E-state index in [0.29, 0.717) is 24.7 Å². The standard InChI is InChI=1S/C17H26N4O4/c1-18-15(22)6-7-16(23)20(2)8-9-21(3)17(24)11-13-10-14(25-19-13)12-4-5-12/h10,12H,4-9,11H2,1-3H3,(H,18,22). The number of amides is 3. The van der Waals surface area contributed by atoms with Crippen LogP contribution >= 0.6 is 0 Å². The van der Waals surface area contributed by atoms with Crippen LogP contribution in [-0.4, -0.2) is 66.9 Å². The second-order valence-corrected chi connectivity index (χ2v) is 6.48. The summed E-state index contributed by atoms with van der Waals surface area (Å²) in [5.41, 5.74) is 0.647. The lowest BCUT2D eigenvalue weighted by atomic mass is 10.2. The largest absolute Gasteiger partial charge is 0.361 e. The molecule has 0 saturated heterocycles. The SMILES string of the molecule is CNC(=O)CCC(=O)N(C)CCN(C)C(=O)Cc1cc(C2CC2)on1. The second kappa shape index (κ2) is 8.64. The smallest absolute Gasteiger partial charge is 0.228 e. The number of hydrogen-bond donors (Lipinski definition) is 1. The van der Waals surface area contributed by atoms with Crippen LogP contribution < -0.4 is 5.32 Å². The maximum atomic E-state index is 12.2. The lowest BCUT2D eigenvalue weighted by Crippen LogP contribution is -2.38. The van der Waals surface area contributed by atoms with E-state index in [2.05, 4.69) is 10.5 Å². The molecule has 1 fully saturated rings. The molecule has 1 aliphatic rings. The Kier molecular flexibility index (Phi) is 6.55. The van der Waals surface area contributed by atoms with Gasteiger partial charge in [0.2, 0.25) is 17.7 Å². The van der Waals surface area contributed by atoms with Crippen LogP contribution in [0.5, 0.6) is 0 Å². The topological polar surface area (TPSA) is 95.8 Å². The summed E-state index contributed by atoms with van der Waals surface area (Å²) in [4.78, 5) is 38.4. The number of likely N-dealkylation sites (N-methyl/N-ethyl adjacent to an activating group) is 2. The third kappa shape index (κ3) is 5.88. The molecule has 1 saturated carbocycles. The number of carbonyl (C=O) groups is 3. The van der Waals surface area contributed by atoms with Crippen molar-refractivity contribution in [2.75, 3.05) is 34.2 Å². The van der Waals surface area contributed by atoms with E-state index in [1.54, 1.807) is 26.0 Å². The molecular formula is C17H26N4O4. The summed E-state index contributed by atoms with van der Waals surface area (Å²) in [5, 5.41) is 6.43. The van der Waals surface area contributed by atoms with Crippen LogP contribution in [0.25, 0.3) is 0 Å². The Morgan fingerprint density at radius 1 is 1.16 bits per heavy atom. The molecule has 0 atom stereocenters. The van der Waals surface area contributed by atoms with Gasteiger partial charge in [-0.15, -0.1) is 0 Å². The normalized spacial score (nSPS) is 13.4. The molecule has 25 heavy (non-hydrogen) atoms. The fourth-order valence-corrected chi connectivity index (χ4v) is 2.35. The van der Waals surface area contributed by atoms with Crippen molar-refractivity contribution in [2.45, 2.75) is 38.0 Å². The Labute approximate surface area is 147 Å². The first-order valence-electron chi connectivity index (χ1n) is 8.54. The zero-order valence-electron chi connectivity index (χ0n) is 15.1. The zero-order valence-corrected chi connectivity index (χ0v) is 15.1. The molecule has 1 heterocycles. The van der Waals surface area contributed by atoms with Crippen molar-refractivity contribution in [2.24, 2.45) is 0 Å². The molecule has 0 aromatic carbocycles. The van der Waals surface area contributed by atoms with Crippen LogP contribution in [0.1, 0.15) is 43.1 Å². The molecule has 1 aromatic rings. The fraction of sp³-hybridized carbons (Fsp3) is 0.647. The van der Waals surface area contributed by atoms with Crippen molar-refractivity contribution in [3.63, 3.8) is 0 Å². The molecule has 1 aromatic heterocycles. The third-order valence-corrected chi connectivity index (χ3v) is 4.36. The van der Waals surface area contributed by atoms with Gasteiger partial charge >= 0.3 is 0 Å². The van der Waals surface area contributed by atoms with Gasteiger partial charge in [0.25, 0.3) is 0 Å². The first-order valence-corrected chi connectivity index (χ1v) is 8.54. The molecule has 1 aliphatic carbocycles. The number of aromatic nitrogens is 1. The van der Waals surface area contributed by atoms with Gasteiger partial charge < -0.3 is 19.6 Å². The lowest BCUT2D eigenvalue weighted by molar-refractivity contribution is -0.134. The van der Waals surface area contributed by atoms with E-state index in [4.69, 9.17) is 4.52 Å². The fourth-order valence-electron chi connectivity index (χ4n) is 2.35. The summed E-state index contributed by atoms with van der Waals surface area (Å²) in [6.07, 6.45) is 2.78. The highest BCUT2D eigenvalue weighted by Crippen LogP contribution is 2.40. The highest BCUT2D eigenvalue weighted by atomic mass is 16.5. The highest BCUT2D eigenvalue weighted by molar-refractivity contribution is 5.83. The Morgan fingerprint density at radius 3 is 2.40 bits per heavy atom. The van der Waals surface area contributed by atoms with Crippen molar-refractivity contribution >= 4 is 17.7 Å². The van der Waals surface area contributed by atoms with E-state index in [9.17, 15) is 14.4 Å². The van der Waals surface area contributed by atoms with Crippen molar-refractivity contribution in [1.82, 2.24) is 20.3 Å².